The van der Waals surface area contributed by atoms with Crippen molar-refractivity contribution < 1.29 is 19.1 Å². The van der Waals surface area contributed by atoms with Gasteiger partial charge in [0.05, 0.1) is 0 Å². The van der Waals surface area contributed by atoms with Gasteiger partial charge >= 0.3 is 6.09 Å². The fourth-order valence-electron chi connectivity index (χ4n) is 5.41. The highest BCUT2D eigenvalue weighted by Crippen LogP contribution is 2.47. The second-order valence-electron chi connectivity index (χ2n) is 10.2. The third kappa shape index (κ3) is 5.46. The summed E-state index contributed by atoms with van der Waals surface area (Å²) in [6.07, 6.45) is 2.16. The van der Waals surface area contributed by atoms with E-state index in [4.69, 9.17) is 4.74 Å². The molecule has 0 aliphatic carbocycles. The van der Waals surface area contributed by atoms with Crippen molar-refractivity contribution >= 4 is 45.9 Å². The molecule has 1 atom stereocenters. The highest BCUT2D eigenvalue weighted by atomic mass is 31.2. The summed E-state index contributed by atoms with van der Waals surface area (Å²) >= 11 is 0. The summed E-state index contributed by atoms with van der Waals surface area (Å²) in [5, 5.41) is 3.48. The van der Waals surface area contributed by atoms with Gasteiger partial charge in [-0.05, 0) is 40.4 Å². The first-order valence-electron chi connectivity index (χ1n) is 13.6. The first kappa shape index (κ1) is 28.1. The number of nitrogens with zero attached hydrogens (tertiary/aromatic N) is 1. The summed E-state index contributed by atoms with van der Waals surface area (Å²) < 4.78 is 5.58. The van der Waals surface area contributed by atoms with Gasteiger partial charge in [-0.3, -0.25) is 9.59 Å². The molecule has 0 aromatic heterocycles. The molecule has 4 aromatic carbocycles. The molecule has 0 radical (unpaired) electrons. The molecule has 1 heterocycles. The number of ketones is 1. The fraction of sp³-hybridized carbons (Fsp3) is 0.143. The molecular weight excluding hydrogens is 529 g/mol. The molecule has 0 fully saturated rings. The number of ether oxygens (including phenoxy) is 1. The van der Waals surface area contributed by atoms with Crippen LogP contribution in [-0.2, 0) is 20.9 Å². The van der Waals surface area contributed by atoms with Crippen LogP contribution in [-0.4, -0.2) is 34.0 Å². The smallest absolute Gasteiger partial charge is 0.417 e. The Bertz CT molecular complexity index is 1510. The molecule has 0 unspecified atom stereocenters. The van der Waals surface area contributed by atoms with E-state index in [0.29, 0.717) is 5.29 Å². The number of rotatable bonds is 6. The van der Waals surface area contributed by atoms with Crippen LogP contribution in [0, 0.1) is 5.92 Å². The maximum absolute atomic E-state index is 14.8. The van der Waals surface area contributed by atoms with Gasteiger partial charge in [0.2, 0.25) is 0 Å². The summed E-state index contributed by atoms with van der Waals surface area (Å²) in [7, 11) is 0. The average Bonchev–Trinajstić information content (AvgIpc) is 3.14. The molecule has 4 aromatic rings. The zero-order chi connectivity index (χ0) is 28.8. The molecular formula is C35H32NO4P. The number of Topliss-reactive ketones (excluding diaryl/α,β-unsaturated/α-hetero) is 1. The summed E-state index contributed by atoms with van der Waals surface area (Å²) in [5.41, 5.74) is 0.792. The van der Waals surface area contributed by atoms with E-state index in [1.165, 1.54) is 6.08 Å². The largest absolute Gasteiger partial charge is 0.444 e. The van der Waals surface area contributed by atoms with Crippen LogP contribution in [0.1, 0.15) is 19.4 Å². The van der Waals surface area contributed by atoms with Gasteiger partial charge in [0.15, 0.2) is 5.78 Å². The van der Waals surface area contributed by atoms with Crippen molar-refractivity contribution in [3.05, 3.63) is 139 Å². The Balaban J connectivity index is 1.75. The van der Waals surface area contributed by atoms with E-state index in [9.17, 15) is 14.4 Å². The lowest BCUT2D eigenvalue weighted by molar-refractivity contribution is -0.132. The number of benzene rings is 4. The van der Waals surface area contributed by atoms with Crippen LogP contribution < -0.4 is 15.9 Å². The summed E-state index contributed by atoms with van der Waals surface area (Å²) in [5.74, 6) is -1.18. The summed E-state index contributed by atoms with van der Waals surface area (Å²) in [6.45, 7) is 0.913. The average molecular weight is 562 g/mol. The zero-order valence-corrected chi connectivity index (χ0v) is 24.0. The van der Waals surface area contributed by atoms with E-state index in [0.717, 1.165) is 26.4 Å². The predicted molar refractivity (Wildman–Crippen MR) is 166 cm³/mol. The summed E-state index contributed by atoms with van der Waals surface area (Å²) in [6, 6.07) is 38.2. The number of hydrogen-bond donors (Lipinski definition) is 0. The van der Waals surface area contributed by atoms with E-state index in [-0.39, 0.29) is 18.3 Å². The van der Waals surface area contributed by atoms with Crippen LogP contribution in [0.3, 0.4) is 0 Å². The van der Waals surface area contributed by atoms with Crippen LogP contribution in [0.4, 0.5) is 4.79 Å². The molecule has 5 rings (SSSR count). The van der Waals surface area contributed by atoms with Crippen LogP contribution >= 0.6 is 6.89 Å². The molecule has 6 heteroatoms. The number of carbonyl (C=O) groups excluding carboxylic acids is 3. The van der Waals surface area contributed by atoms with Gasteiger partial charge in [-0.1, -0.05) is 135 Å². The van der Waals surface area contributed by atoms with Gasteiger partial charge in [0.1, 0.15) is 12.6 Å². The van der Waals surface area contributed by atoms with Crippen LogP contribution in [0.2, 0.25) is 0 Å². The van der Waals surface area contributed by atoms with E-state index in [2.05, 4.69) is 0 Å². The minimum Gasteiger partial charge on any atom is -0.444 e. The highest BCUT2D eigenvalue weighted by Gasteiger charge is 2.43. The molecule has 0 saturated heterocycles. The molecule has 2 amide bonds. The van der Waals surface area contributed by atoms with Gasteiger partial charge in [-0.25, -0.2) is 9.69 Å². The standard InChI is InChI=1S/C35H32NO4P/c1-26(2)33-34(38)31(23-24-32(37)36(33)35(39)40-25-27-15-7-3-8-16-27)41(28-17-9-4-10-18-28,29-19-11-5-12-20-29)30-21-13-6-14-22-30/h3-24,26,33H,25H2,1-2H3/t33-/m0/s1. The second kappa shape index (κ2) is 12.4. The van der Waals surface area contributed by atoms with Crippen molar-refractivity contribution in [2.45, 2.75) is 26.5 Å². The van der Waals surface area contributed by atoms with Crippen LogP contribution in [0.25, 0.3) is 0 Å². The molecule has 1 aliphatic heterocycles. The van der Waals surface area contributed by atoms with Gasteiger partial charge in [-0.2, -0.15) is 0 Å². The minimum absolute atomic E-state index is 0.00225. The molecule has 41 heavy (non-hydrogen) atoms. The third-order valence-electron chi connectivity index (χ3n) is 7.25. The number of hydrogen-bond acceptors (Lipinski definition) is 4. The van der Waals surface area contributed by atoms with Gasteiger partial charge in [0.25, 0.3) is 5.91 Å². The Labute approximate surface area is 241 Å². The lowest BCUT2D eigenvalue weighted by atomic mass is 9.97. The zero-order valence-electron chi connectivity index (χ0n) is 23.1. The first-order valence-corrected chi connectivity index (χ1v) is 15.4. The molecule has 1 aliphatic rings. The molecule has 0 saturated carbocycles. The SMILES string of the molecule is CC(C)[C@H]1C(=O)C(=P(c2ccccc2)(c2ccccc2)c2ccccc2)C=CC(=O)N1C(=O)OCc1ccccc1. The maximum Gasteiger partial charge on any atom is 0.417 e. The number of allylic oxidation sites excluding steroid dienone is 1. The maximum atomic E-state index is 14.8. The molecule has 0 spiro atoms. The normalized spacial score (nSPS) is 15.6. The van der Waals surface area contributed by atoms with E-state index < -0.39 is 24.9 Å². The Kier molecular flexibility index (Phi) is 8.47. The van der Waals surface area contributed by atoms with Crippen molar-refractivity contribution in [1.29, 1.82) is 0 Å². The van der Waals surface area contributed by atoms with Gasteiger partial charge in [0, 0.05) is 11.4 Å². The van der Waals surface area contributed by atoms with Crippen molar-refractivity contribution in [3.63, 3.8) is 0 Å². The molecule has 0 N–H and O–H groups in total. The highest BCUT2D eigenvalue weighted by molar-refractivity contribution is 7.96. The number of amides is 2. The summed E-state index contributed by atoms with van der Waals surface area (Å²) in [4.78, 5) is 42.9. The van der Waals surface area contributed by atoms with E-state index in [1.807, 2.05) is 135 Å². The lowest BCUT2D eigenvalue weighted by Gasteiger charge is -2.34. The Morgan fingerprint density at radius 3 is 1.59 bits per heavy atom. The Morgan fingerprint density at radius 2 is 1.15 bits per heavy atom. The van der Waals surface area contributed by atoms with E-state index in [1.54, 1.807) is 6.08 Å². The van der Waals surface area contributed by atoms with Crippen molar-refractivity contribution in [2.24, 2.45) is 5.92 Å². The lowest BCUT2D eigenvalue weighted by Crippen LogP contribution is -2.52. The third-order valence-corrected chi connectivity index (χ3v) is 11.6. The van der Waals surface area contributed by atoms with E-state index >= 15 is 0 Å². The van der Waals surface area contributed by atoms with Crippen molar-refractivity contribution in [2.75, 3.05) is 0 Å². The first-order chi connectivity index (χ1) is 19.9. The van der Waals surface area contributed by atoms with Crippen LogP contribution in [0.5, 0.6) is 0 Å². The number of imide groups is 1. The van der Waals surface area contributed by atoms with Crippen LogP contribution in [0.15, 0.2) is 133 Å². The quantitative estimate of drug-likeness (QED) is 0.293. The topological polar surface area (TPSA) is 63.7 Å². The second-order valence-corrected chi connectivity index (χ2v) is 13.6. The van der Waals surface area contributed by atoms with Crippen molar-refractivity contribution in [1.82, 2.24) is 4.90 Å². The Morgan fingerprint density at radius 1 is 0.707 bits per heavy atom. The molecule has 5 nitrogen and oxygen atoms in total. The predicted octanol–water partition coefficient (Wildman–Crippen LogP) is 5.48. The number of carbonyl (C=O) groups is 3. The monoisotopic (exact) mass is 561 g/mol. The minimum atomic E-state index is -2.79. The fourth-order valence-corrected chi connectivity index (χ4v) is 9.76. The molecule has 0 bridgehead atoms. The van der Waals surface area contributed by atoms with Gasteiger partial charge in [-0.15, -0.1) is 0 Å². The Hall–Kier alpha value is -4.47. The van der Waals surface area contributed by atoms with Crippen molar-refractivity contribution in [3.8, 4) is 0 Å². The molecule has 206 valence electrons. The van der Waals surface area contributed by atoms with Gasteiger partial charge < -0.3 is 4.74 Å².